The molecule has 1 aromatic carbocycles. The zero-order valence-corrected chi connectivity index (χ0v) is 11.3. The van der Waals surface area contributed by atoms with Crippen LogP contribution in [0.3, 0.4) is 0 Å². The van der Waals surface area contributed by atoms with E-state index in [1.165, 1.54) is 18.3 Å². The van der Waals surface area contributed by atoms with Crippen molar-refractivity contribution in [3.05, 3.63) is 68.7 Å². The monoisotopic (exact) mass is 291 g/mol. The fourth-order valence-electron chi connectivity index (χ4n) is 1.85. The molecule has 2 rings (SSSR count). The van der Waals surface area contributed by atoms with E-state index in [0.717, 1.165) is 16.2 Å². The Hall–Kier alpha value is -2.70. The maximum atomic E-state index is 12.8. The van der Waals surface area contributed by atoms with Crippen LogP contribution in [0.25, 0.3) is 0 Å². The van der Waals surface area contributed by atoms with Crippen LogP contribution in [0, 0.1) is 5.82 Å². The van der Waals surface area contributed by atoms with Gasteiger partial charge in [0.25, 0.3) is 5.56 Å². The van der Waals surface area contributed by atoms with E-state index >= 15 is 0 Å². The number of rotatable bonds is 4. The van der Waals surface area contributed by atoms with Crippen LogP contribution in [0.1, 0.15) is 18.5 Å². The van der Waals surface area contributed by atoms with Crippen LogP contribution < -0.4 is 16.6 Å². The van der Waals surface area contributed by atoms with Gasteiger partial charge in [-0.05, 0) is 24.6 Å². The van der Waals surface area contributed by atoms with E-state index in [-0.39, 0.29) is 24.3 Å². The minimum Gasteiger partial charge on any atom is -0.348 e. The molecule has 0 aliphatic heterocycles. The molecule has 1 unspecified atom stereocenters. The van der Waals surface area contributed by atoms with Crippen LogP contribution in [-0.2, 0) is 11.3 Å². The molecule has 2 aromatic rings. The lowest BCUT2D eigenvalue weighted by Crippen LogP contribution is -2.36. The van der Waals surface area contributed by atoms with E-state index in [0.29, 0.717) is 0 Å². The Kier molecular flexibility index (Phi) is 4.32. The maximum Gasteiger partial charge on any atom is 0.328 e. The van der Waals surface area contributed by atoms with Gasteiger partial charge in [-0.3, -0.25) is 19.1 Å². The number of aromatic amines is 1. The highest BCUT2D eigenvalue weighted by atomic mass is 19.1. The van der Waals surface area contributed by atoms with E-state index < -0.39 is 11.2 Å². The van der Waals surface area contributed by atoms with E-state index in [9.17, 15) is 18.8 Å². The van der Waals surface area contributed by atoms with Gasteiger partial charge in [-0.2, -0.15) is 0 Å². The molecule has 1 atom stereocenters. The minimum absolute atomic E-state index is 0.207. The summed E-state index contributed by atoms with van der Waals surface area (Å²) >= 11 is 0. The van der Waals surface area contributed by atoms with Crippen molar-refractivity contribution in [2.45, 2.75) is 19.5 Å². The summed E-state index contributed by atoms with van der Waals surface area (Å²) in [6, 6.07) is 6.61. The lowest BCUT2D eigenvalue weighted by molar-refractivity contribution is -0.122. The standard InChI is InChI=1S/C14H14FN3O3/c1-9(10-2-4-11(15)5-3-10)16-13(20)8-18-7-6-12(19)17-14(18)21/h2-7,9H,8H2,1H3,(H,16,20)(H,17,19,21). The Balaban J connectivity index is 2.02. The summed E-state index contributed by atoms with van der Waals surface area (Å²) in [5, 5.41) is 2.69. The SMILES string of the molecule is CC(NC(=O)Cn1ccc(=O)[nH]c1=O)c1ccc(F)cc1. The molecule has 0 fully saturated rings. The van der Waals surface area contributed by atoms with Gasteiger partial charge in [0.05, 0.1) is 6.04 Å². The first-order valence-corrected chi connectivity index (χ1v) is 6.30. The van der Waals surface area contributed by atoms with Gasteiger partial charge in [-0.25, -0.2) is 9.18 Å². The molecule has 0 aliphatic carbocycles. The van der Waals surface area contributed by atoms with Crippen molar-refractivity contribution in [3.63, 3.8) is 0 Å². The van der Waals surface area contributed by atoms with E-state index in [1.807, 2.05) is 0 Å². The molecule has 21 heavy (non-hydrogen) atoms. The number of amides is 1. The lowest BCUT2D eigenvalue weighted by atomic mass is 10.1. The fourth-order valence-corrected chi connectivity index (χ4v) is 1.85. The van der Waals surface area contributed by atoms with E-state index in [1.54, 1.807) is 19.1 Å². The maximum absolute atomic E-state index is 12.8. The number of benzene rings is 1. The number of carbonyl (C=O) groups is 1. The second-order valence-corrected chi connectivity index (χ2v) is 4.58. The van der Waals surface area contributed by atoms with E-state index in [2.05, 4.69) is 10.3 Å². The average Bonchev–Trinajstić information content (AvgIpc) is 2.42. The summed E-state index contributed by atoms with van der Waals surface area (Å²) < 4.78 is 13.9. The molecule has 0 saturated heterocycles. The molecule has 110 valence electrons. The largest absolute Gasteiger partial charge is 0.348 e. The number of hydrogen-bond donors (Lipinski definition) is 2. The van der Waals surface area contributed by atoms with Crippen molar-refractivity contribution in [1.82, 2.24) is 14.9 Å². The summed E-state index contributed by atoms with van der Waals surface area (Å²) in [7, 11) is 0. The molecule has 1 aromatic heterocycles. The molecule has 0 spiro atoms. The highest BCUT2D eigenvalue weighted by Crippen LogP contribution is 2.12. The van der Waals surface area contributed by atoms with Gasteiger partial charge in [0.1, 0.15) is 12.4 Å². The third-order valence-corrected chi connectivity index (χ3v) is 2.96. The zero-order valence-electron chi connectivity index (χ0n) is 11.3. The van der Waals surface area contributed by atoms with Crippen LogP contribution in [0.2, 0.25) is 0 Å². The van der Waals surface area contributed by atoms with Crippen LogP contribution in [0.4, 0.5) is 4.39 Å². The summed E-state index contributed by atoms with van der Waals surface area (Å²) in [5.41, 5.74) is -0.415. The average molecular weight is 291 g/mol. The molecule has 0 aliphatic rings. The Labute approximate surface area is 119 Å². The number of H-pyrrole nitrogens is 1. The van der Waals surface area contributed by atoms with Crippen LogP contribution in [-0.4, -0.2) is 15.5 Å². The van der Waals surface area contributed by atoms with Crippen molar-refractivity contribution in [2.24, 2.45) is 0 Å². The summed E-state index contributed by atoms with van der Waals surface area (Å²) in [4.78, 5) is 36.3. The van der Waals surface area contributed by atoms with Gasteiger partial charge in [0.15, 0.2) is 0 Å². The third kappa shape index (κ3) is 3.88. The quantitative estimate of drug-likeness (QED) is 0.863. The Morgan fingerprint density at radius 3 is 2.57 bits per heavy atom. The molecule has 6 nitrogen and oxygen atoms in total. The zero-order chi connectivity index (χ0) is 15.4. The molecule has 0 radical (unpaired) electrons. The van der Waals surface area contributed by atoms with Gasteiger partial charge in [0.2, 0.25) is 5.91 Å². The number of halogens is 1. The highest BCUT2D eigenvalue weighted by molar-refractivity contribution is 5.76. The van der Waals surface area contributed by atoms with Gasteiger partial charge in [-0.1, -0.05) is 12.1 Å². The number of nitrogens with one attached hydrogen (secondary N) is 2. The lowest BCUT2D eigenvalue weighted by Gasteiger charge is -2.14. The van der Waals surface area contributed by atoms with Crippen LogP contribution in [0.5, 0.6) is 0 Å². The Morgan fingerprint density at radius 1 is 1.29 bits per heavy atom. The first-order chi connectivity index (χ1) is 9.95. The second kappa shape index (κ2) is 6.17. The summed E-state index contributed by atoms with van der Waals surface area (Å²) in [6.45, 7) is 1.54. The predicted molar refractivity (Wildman–Crippen MR) is 74.3 cm³/mol. The van der Waals surface area contributed by atoms with Crippen molar-refractivity contribution < 1.29 is 9.18 Å². The van der Waals surface area contributed by atoms with Crippen LogP contribution in [0.15, 0.2) is 46.1 Å². The molecule has 1 heterocycles. The predicted octanol–water partition coefficient (Wildman–Crippen LogP) is 0.553. The van der Waals surface area contributed by atoms with Gasteiger partial charge >= 0.3 is 5.69 Å². The highest BCUT2D eigenvalue weighted by Gasteiger charge is 2.10. The van der Waals surface area contributed by atoms with Gasteiger partial charge in [-0.15, -0.1) is 0 Å². The number of hydrogen-bond acceptors (Lipinski definition) is 3. The Morgan fingerprint density at radius 2 is 1.95 bits per heavy atom. The molecule has 2 N–H and O–H groups in total. The smallest absolute Gasteiger partial charge is 0.328 e. The first-order valence-electron chi connectivity index (χ1n) is 6.30. The first kappa shape index (κ1) is 14.7. The molecule has 0 bridgehead atoms. The molecule has 1 amide bonds. The molecule has 7 heteroatoms. The van der Waals surface area contributed by atoms with Crippen molar-refractivity contribution in [3.8, 4) is 0 Å². The topological polar surface area (TPSA) is 84.0 Å². The van der Waals surface area contributed by atoms with Gasteiger partial charge in [0, 0.05) is 12.3 Å². The van der Waals surface area contributed by atoms with Crippen molar-refractivity contribution in [2.75, 3.05) is 0 Å². The number of aromatic nitrogens is 2. The molecular formula is C14H14FN3O3. The third-order valence-electron chi connectivity index (χ3n) is 2.96. The van der Waals surface area contributed by atoms with Gasteiger partial charge < -0.3 is 5.32 Å². The fraction of sp³-hybridized carbons (Fsp3) is 0.214. The number of nitrogens with zero attached hydrogens (tertiary/aromatic N) is 1. The van der Waals surface area contributed by atoms with E-state index in [4.69, 9.17) is 0 Å². The normalized spacial score (nSPS) is 11.9. The summed E-state index contributed by atoms with van der Waals surface area (Å²) in [5.74, 6) is -0.738. The molecule has 0 saturated carbocycles. The Bertz CT molecular complexity index is 749. The van der Waals surface area contributed by atoms with Crippen molar-refractivity contribution >= 4 is 5.91 Å². The second-order valence-electron chi connectivity index (χ2n) is 4.58. The van der Waals surface area contributed by atoms with Crippen LogP contribution >= 0.6 is 0 Å². The molecular weight excluding hydrogens is 277 g/mol. The minimum atomic E-state index is -0.646. The van der Waals surface area contributed by atoms with Crippen molar-refractivity contribution in [1.29, 1.82) is 0 Å². The summed E-state index contributed by atoms with van der Waals surface area (Å²) in [6.07, 6.45) is 1.25. The number of carbonyl (C=O) groups excluding carboxylic acids is 1.